The molecular formula is C13H19N3O2. The van der Waals surface area contributed by atoms with Crippen molar-refractivity contribution in [1.82, 2.24) is 10.3 Å². The first kappa shape index (κ1) is 12.8. The molecule has 1 fully saturated rings. The maximum Gasteiger partial charge on any atom is 0.245 e. The van der Waals surface area contributed by atoms with E-state index in [0.29, 0.717) is 18.9 Å². The molecule has 1 amide bonds. The molecule has 1 unspecified atom stereocenters. The molecule has 2 N–H and O–H groups in total. The Labute approximate surface area is 107 Å². The predicted octanol–water partition coefficient (Wildman–Crippen LogP) is 0.850. The van der Waals surface area contributed by atoms with Gasteiger partial charge in [0.15, 0.2) is 0 Å². The largest absolute Gasteiger partial charge is 0.389 e. The number of aliphatic hydroxyl groups excluding tert-OH is 1. The van der Waals surface area contributed by atoms with Crippen molar-refractivity contribution in [2.45, 2.75) is 32.4 Å². The van der Waals surface area contributed by atoms with E-state index in [-0.39, 0.29) is 5.91 Å². The number of pyridine rings is 1. The van der Waals surface area contributed by atoms with E-state index in [1.54, 1.807) is 19.2 Å². The van der Waals surface area contributed by atoms with Crippen molar-refractivity contribution in [3.8, 4) is 0 Å². The van der Waals surface area contributed by atoms with E-state index in [9.17, 15) is 9.90 Å². The molecule has 2 heterocycles. The summed E-state index contributed by atoms with van der Waals surface area (Å²) in [5.74, 6) is 0.670. The van der Waals surface area contributed by atoms with E-state index in [2.05, 4.69) is 10.3 Å². The molecule has 18 heavy (non-hydrogen) atoms. The molecular weight excluding hydrogens is 230 g/mol. The average Bonchev–Trinajstić information content (AvgIpc) is 2.32. The van der Waals surface area contributed by atoms with Crippen molar-refractivity contribution in [1.29, 1.82) is 0 Å². The maximum absolute atomic E-state index is 11.9. The van der Waals surface area contributed by atoms with Crippen LogP contribution >= 0.6 is 0 Å². The van der Waals surface area contributed by atoms with Gasteiger partial charge in [0.2, 0.25) is 5.91 Å². The normalized spacial score (nSPS) is 20.4. The monoisotopic (exact) mass is 249 g/mol. The van der Waals surface area contributed by atoms with Gasteiger partial charge in [-0.05, 0) is 26.8 Å². The molecule has 2 rings (SSSR count). The summed E-state index contributed by atoms with van der Waals surface area (Å²) in [5, 5.41) is 12.7. The third-order valence-corrected chi connectivity index (χ3v) is 3.37. The molecule has 5 nitrogen and oxygen atoms in total. The van der Waals surface area contributed by atoms with Gasteiger partial charge in [-0.15, -0.1) is 0 Å². The number of hydrogen-bond donors (Lipinski definition) is 2. The lowest BCUT2D eigenvalue weighted by atomic mass is 9.97. The highest BCUT2D eigenvalue weighted by Crippen LogP contribution is 2.30. The Kier molecular flexibility index (Phi) is 3.26. The molecule has 0 radical (unpaired) electrons. The molecule has 0 bridgehead atoms. The molecule has 0 aliphatic carbocycles. The van der Waals surface area contributed by atoms with Crippen LogP contribution in [0.4, 0.5) is 5.82 Å². The number of aliphatic hydroxyl groups is 1. The molecule has 0 saturated carbocycles. The second-order valence-electron chi connectivity index (χ2n) is 5.06. The number of anilines is 1. The number of piperazine rings is 1. The van der Waals surface area contributed by atoms with Gasteiger partial charge in [-0.25, -0.2) is 4.98 Å². The van der Waals surface area contributed by atoms with Crippen LogP contribution in [0.2, 0.25) is 0 Å². The fourth-order valence-electron chi connectivity index (χ4n) is 2.23. The van der Waals surface area contributed by atoms with Gasteiger partial charge in [0.1, 0.15) is 11.4 Å². The van der Waals surface area contributed by atoms with E-state index < -0.39 is 11.6 Å². The summed E-state index contributed by atoms with van der Waals surface area (Å²) in [6.45, 7) is 6.72. The zero-order chi connectivity index (χ0) is 13.3. The maximum atomic E-state index is 11.9. The minimum absolute atomic E-state index is 0.0176. The van der Waals surface area contributed by atoms with Crippen molar-refractivity contribution < 1.29 is 9.90 Å². The third kappa shape index (κ3) is 2.06. The molecule has 1 aliphatic rings. The van der Waals surface area contributed by atoms with Crippen LogP contribution in [0.1, 0.15) is 32.4 Å². The summed E-state index contributed by atoms with van der Waals surface area (Å²) in [5.41, 5.74) is 0.0938. The second kappa shape index (κ2) is 4.57. The van der Waals surface area contributed by atoms with Crippen molar-refractivity contribution in [2.24, 2.45) is 0 Å². The highest BCUT2D eigenvalue weighted by Gasteiger charge is 2.39. The number of nitrogens with one attached hydrogen (secondary N) is 1. The molecule has 5 heteroatoms. The standard InChI is InChI=1S/C13H19N3O2/c1-9(17)10-5-4-6-14-11(10)16-8-7-15-12(18)13(16,2)3/h4-6,9,17H,7-8H2,1-3H3,(H,15,18). The molecule has 1 aliphatic heterocycles. The first-order valence-electron chi connectivity index (χ1n) is 6.13. The lowest BCUT2D eigenvalue weighted by Gasteiger charge is -2.42. The van der Waals surface area contributed by atoms with Crippen LogP contribution in [0.15, 0.2) is 18.3 Å². The fourth-order valence-corrected chi connectivity index (χ4v) is 2.23. The van der Waals surface area contributed by atoms with E-state index in [4.69, 9.17) is 0 Å². The number of hydrogen-bond acceptors (Lipinski definition) is 4. The Hall–Kier alpha value is -1.62. The van der Waals surface area contributed by atoms with Crippen LogP contribution < -0.4 is 10.2 Å². The summed E-state index contributed by atoms with van der Waals surface area (Å²) in [6.07, 6.45) is 1.08. The topological polar surface area (TPSA) is 65.5 Å². The Bertz CT molecular complexity index is 457. The highest BCUT2D eigenvalue weighted by molar-refractivity contribution is 5.90. The van der Waals surface area contributed by atoms with Gasteiger partial charge in [-0.2, -0.15) is 0 Å². The zero-order valence-corrected chi connectivity index (χ0v) is 11.0. The van der Waals surface area contributed by atoms with E-state index >= 15 is 0 Å². The summed E-state index contributed by atoms with van der Waals surface area (Å²) < 4.78 is 0. The predicted molar refractivity (Wildman–Crippen MR) is 69.3 cm³/mol. The van der Waals surface area contributed by atoms with Gasteiger partial charge >= 0.3 is 0 Å². The lowest BCUT2D eigenvalue weighted by molar-refractivity contribution is -0.126. The number of carbonyl (C=O) groups is 1. The smallest absolute Gasteiger partial charge is 0.245 e. The summed E-state index contributed by atoms with van der Waals surface area (Å²) in [7, 11) is 0. The SMILES string of the molecule is CC(O)c1cccnc1N1CCNC(=O)C1(C)C. The molecule has 1 atom stereocenters. The van der Waals surface area contributed by atoms with E-state index in [0.717, 1.165) is 5.56 Å². The second-order valence-corrected chi connectivity index (χ2v) is 5.06. The van der Waals surface area contributed by atoms with Crippen LogP contribution in [0.3, 0.4) is 0 Å². The van der Waals surface area contributed by atoms with Crippen molar-refractivity contribution in [2.75, 3.05) is 18.0 Å². The first-order valence-corrected chi connectivity index (χ1v) is 6.13. The van der Waals surface area contributed by atoms with Gasteiger partial charge in [0.05, 0.1) is 6.10 Å². The van der Waals surface area contributed by atoms with Crippen molar-refractivity contribution in [3.05, 3.63) is 23.9 Å². The van der Waals surface area contributed by atoms with Gasteiger partial charge in [-0.3, -0.25) is 4.79 Å². The van der Waals surface area contributed by atoms with Gasteiger partial charge < -0.3 is 15.3 Å². The summed E-state index contributed by atoms with van der Waals surface area (Å²) >= 11 is 0. The Morgan fingerprint density at radius 3 is 2.94 bits per heavy atom. The Balaban J connectivity index is 2.45. The Morgan fingerprint density at radius 1 is 1.56 bits per heavy atom. The average molecular weight is 249 g/mol. The molecule has 1 aromatic rings. The fraction of sp³-hybridized carbons (Fsp3) is 0.538. The van der Waals surface area contributed by atoms with Crippen molar-refractivity contribution >= 4 is 11.7 Å². The van der Waals surface area contributed by atoms with Crippen LogP contribution in [0.25, 0.3) is 0 Å². The van der Waals surface area contributed by atoms with E-state index in [1.165, 1.54) is 0 Å². The summed E-state index contributed by atoms with van der Waals surface area (Å²) in [6, 6.07) is 3.64. The van der Waals surface area contributed by atoms with Gasteiger partial charge in [0.25, 0.3) is 0 Å². The number of rotatable bonds is 2. The number of amides is 1. The Morgan fingerprint density at radius 2 is 2.28 bits per heavy atom. The third-order valence-electron chi connectivity index (χ3n) is 3.37. The van der Waals surface area contributed by atoms with Crippen LogP contribution in [-0.2, 0) is 4.79 Å². The number of aromatic nitrogens is 1. The molecule has 1 saturated heterocycles. The first-order chi connectivity index (χ1) is 8.44. The zero-order valence-electron chi connectivity index (χ0n) is 11.0. The minimum Gasteiger partial charge on any atom is -0.389 e. The molecule has 0 aromatic carbocycles. The molecule has 98 valence electrons. The van der Waals surface area contributed by atoms with Crippen molar-refractivity contribution in [3.63, 3.8) is 0 Å². The van der Waals surface area contributed by atoms with Gasteiger partial charge in [0, 0.05) is 24.8 Å². The van der Waals surface area contributed by atoms with Crippen LogP contribution in [0, 0.1) is 0 Å². The minimum atomic E-state index is -0.657. The summed E-state index contributed by atoms with van der Waals surface area (Å²) in [4.78, 5) is 18.2. The quantitative estimate of drug-likeness (QED) is 0.815. The number of nitrogens with zero attached hydrogens (tertiary/aromatic N) is 2. The van der Waals surface area contributed by atoms with Crippen LogP contribution in [0.5, 0.6) is 0 Å². The molecule has 0 spiro atoms. The van der Waals surface area contributed by atoms with Gasteiger partial charge in [-0.1, -0.05) is 6.07 Å². The van der Waals surface area contributed by atoms with Crippen LogP contribution in [-0.4, -0.2) is 34.6 Å². The highest BCUT2D eigenvalue weighted by atomic mass is 16.3. The number of carbonyl (C=O) groups excluding carboxylic acids is 1. The molecule has 1 aromatic heterocycles. The lowest BCUT2D eigenvalue weighted by Crippen LogP contribution is -2.62. The van der Waals surface area contributed by atoms with E-state index in [1.807, 2.05) is 24.8 Å².